The maximum Gasteiger partial charge on any atom is 0.353 e. The number of benzene rings is 3. The molecule has 6 rings (SSSR count). The van der Waals surface area contributed by atoms with E-state index < -0.39 is 5.97 Å². The number of hydrogen-bond donors (Lipinski definition) is 2. The monoisotopic (exact) mass is 500 g/mol. The van der Waals surface area contributed by atoms with Crippen LogP contribution in [0.5, 0.6) is 11.5 Å². The van der Waals surface area contributed by atoms with Gasteiger partial charge >= 0.3 is 5.97 Å². The van der Waals surface area contributed by atoms with E-state index >= 15 is 0 Å². The number of carboxylic acids is 1. The van der Waals surface area contributed by atoms with Crippen molar-refractivity contribution in [2.75, 3.05) is 18.7 Å². The summed E-state index contributed by atoms with van der Waals surface area (Å²) >= 11 is 1.15. The summed E-state index contributed by atoms with van der Waals surface area (Å²) in [5, 5.41) is 14.8. The molecule has 8 nitrogen and oxygen atoms in total. The van der Waals surface area contributed by atoms with Crippen molar-refractivity contribution >= 4 is 45.3 Å². The second-order valence-electron chi connectivity index (χ2n) is 8.78. The number of aromatic carboxylic acids is 1. The minimum atomic E-state index is -0.987. The van der Waals surface area contributed by atoms with Gasteiger partial charge in [0.2, 0.25) is 6.79 Å². The minimum absolute atomic E-state index is 0.192. The first-order valence-electron chi connectivity index (χ1n) is 11.9. The summed E-state index contributed by atoms with van der Waals surface area (Å²) < 4.78 is 21.5. The summed E-state index contributed by atoms with van der Waals surface area (Å²) in [5.74, 6) is 0.382. The number of rotatable bonds is 8. The molecule has 0 atom stereocenters. The average molecular weight is 501 g/mol. The van der Waals surface area contributed by atoms with Crippen LogP contribution in [0.1, 0.15) is 35.8 Å². The molecule has 0 bridgehead atoms. The van der Waals surface area contributed by atoms with Crippen molar-refractivity contribution in [3.8, 4) is 22.6 Å². The molecule has 2 aromatic heterocycles. The molecule has 0 unspecified atom stereocenters. The molecule has 0 spiro atoms. The second kappa shape index (κ2) is 9.16. The predicted molar refractivity (Wildman–Crippen MR) is 140 cm³/mol. The van der Waals surface area contributed by atoms with Gasteiger partial charge in [-0.25, -0.2) is 4.79 Å². The largest absolute Gasteiger partial charge is 0.477 e. The lowest BCUT2D eigenvalue weighted by Crippen LogP contribution is -2.10. The van der Waals surface area contributed by atoms with E-state index in [4.69, 9.17) is 9.47 Å². The van der Waals surface area contributed by atoms with Crippen LogP contribution in [-0.2, 0) is 6.54 Å². The number of aromatic nitrogens is 3. The maximum atomic E-state index is 12.8. The van der Waals surface area contributed by atoms with E-state index in [1.54, 1.807) is 0 Å². The Morgan fingerprint density at radius 2 is 1.92 bits per heavy atom. The Morgan fingerprint density at radius 3 is 2.78 bits per heavy atom. The van der Waals surface area contributed by atoms with Gasteiger partial charge in [0.25, 0.3) is 0 Å². The molecule has 0 saturated heterocycles. The number of ether oxygens (including phenoxy) is 2. The second-order valence-corrected chi connectivity index (χ2v) is 9.31. The van der Waals surface area contributed by atoms with Crippen LogP contribution < -0.4 is 14.8 Å². The van der Waals surface area contributed by atoms with E-state index in [9.17, 15) is 9.90 Å². The molecule has 0 fully saturated rings. The van der Waals surface area contributed by atoms with Gasteiger partial charge in [-0.1, -0.05) is 25.5 Å². The molecular formula is C27H24N4O4S. The number of anilines is 1. The normalized spacial score (nSPS) is 12.5. The highest BCUT2D eigenvalue weighted by molar-refractivity contribution is 7.00. The highest BCUT2D eigenvalue weighted by Gasteiger charge is 2.25. The Labute approximate surface area is 211 Å². The highest BCUT2D eigenvalue weighted by Crippen LogP contribution is 2.39. The van der Waals surface area contributed by atoms with Gasteiger partial charge < -0.3 is 24.5 Å². The lowest BCUT2D eigenvalue weighted by atomic mass is 10.0. The summed E-state index contributed by atoms with van der Waals surface area (Å²) in [6.45, 7) is 3.58. The van der Waals surface area contributed by atoms with Crippen molar-refractivity contribution in [2.24, 2.45) is 0 Å². The van der Waals surface area contributed by atoms with Gasteiger partial charge in [-0.2, -0.15) is 8.75 Å². The average Bonchev–Trinajstić information content (AvgIpc) is 3.61. The first-order valence-corrected chi connectivity index (χ1v) is 12.6. The molecule has 3 heterocycles. The van der Waals surface area contributed by atoms with E-state index in [2.05, 4.69) is 21.0 Å². The zero-order chi connectivity index (χ0) is 24.6. The Bertz CT molecular complexity index is 1610. The first-order chi connectivity index (χ1) is 17.6. The molecule has 3 aromatic carbocycles. The van der Waals surface area contributed by atoms with Crippen LogP contribution in [0.3, 0.4) is 0 Å². The van der Waals surface area contributed by atoms with Crippen LogP contribution in [0.4, 0.5) is 5.69 Å². The molecule has 5 aromatic rings. The van der Waals surface area contributed by atoms with Crippen LogP contribution >= 0.6 is 11.7 Å². The topological polar surface area (TPSA) is 98.5 Å². The van der Waals surface area contributed by atoms with Crippen LogP contribution in [-0.4, -0.2) is 37.7 Å². The van der Waals surface area contributed by atoms with Gasteiger partial charge in [-0.05, 0) is 60.0 Å². The van der Waals surface area contributed by atoms with Crippen LogP contribution in [0.15, 0.2) is 54.6 Å². The van der Waals surface area contributed by atoms with E-state index in [0.717, 1.165) is 69.9 Å². The van der Waals surface area contributed by atoms with Crippen LogP contribution in [0.2, 0.25) is 0 Å². The third-order valence-electron chi connectivity index (χ3n) is 6.45. The maximum absolute atomic E-state index is 12.8. The minimum Gasteiger partial charge on any atom is -0.477 e. The van der Waals surface area contributed by atoms with Crippen LogP contribution in [0, 0.1) is 0 Å². The number of carbonyl (C=O) groups is 1. The van der Waals surface area contributed by atoms with E-state index in [1.807, 2.05) is 59.2 Å². The molecule has 1 aliphatic heterocycles. The van der Waals surface area contributed by atoms with E-state index in [0.29, 0.717) is 23.6 Å². The summed E-state index contributed by atoms with van der Waals surface area (Å²) in [5.41, 5.74) is 5.99. The molecule has 9 heteroatoms. The Balaban J connectivity index is 1.54. The molecule has 36 heavy (non-hydrogen) atoms. The van der Waals surface area contributed by atoms with Gasteiger partial charge in [-0.3, -0.25) is 0 Å². The summed E-state index contributed by atoms with van der Waals surface area (Å²) in [7, 11) is 0. The van der Waals surface area contributed by atoms with Gasteiger partial charge in [0.1, 0.15) is 16.7 Å². The Kier molecular flexibility index (Phi) is 5.69. The zero-order valence-electron chi connectivity index (χ0n) is 19.7. The molecule has 0 aliphatic carbocycles. The van der Waals surface area contributed by atoms with E-state index in [1.165, 1.54) is 0 Å². The number of fused-ring (bicyclic) bond motifs is 3. The molecular weight excluding hydrogens is 476 g/mol. The third-order valence-corrected chi connectivity index (χ3v) is 7.00. The van der Waals surface area contributed by atoms with Gasteiger partial charge in [0, 0.05) is 35.2 Å². The lowest BCUT2D eigenvalue weighted by molar-refractivity contribution is 0.0687. The smallest absolute Gasteiger partial charge is 0.353 e. The van der Waals surface area contributed by atoms with Gasteiger partial charge in [-0.15, -0.1) is 0 Å². The SMILES string of the molecule is CCCCNc1ccc2c(c1)c(-c1ccc3nsnc3c1)c(C(=O)O)n2Cc1ccc2c(c1)OCO2. The molecule has 2 N–H and O–H groups in total. The quantitative estimate of drug-likeness (QED) is 0.252. The van der Waals surface area contributed by atoms with Crippen molar-refractivity contribution in [2.45, 2.75) is 26.3 Å². The Morgan fingerprint density at radius 1 is 1.06 bits per heavy atom. The Hall–Kier alpha value is -4.11. The number of hydrogen-bond acceptors (Lipinski definition) is 7. The number of carboxylic acid groups (broad SMARTS) is 1. The molecule has 1 aliphatic rings. The molecule has 0 radical (unpaired) electrons. The number of nitrogens with zero attached hydrogens (tertiary/aromatic N) is 3. The first kappa shape index (κ1) is 22.4. The van der Waals surface area contributed by atoms with Crippen LogP contribution in [0.25, 0.3) is 33.1 Å². The number of unbranched alkanes of at least 4 members (excludes halogenated alkanes) is 1. The highest BCUT2D eigenvalue weighted by atomic mass is 32.1. The van der Waals surface area contributed by atoms with Crippen molar-refractivity contribution < 1.29 is 19.4 Å². The predicted octanol–water partition coefficient (Wildman–Crippen LogP) is 6.00. The number of nitrogens with one attached hydrogen (secondary N) is 1. The fraction of sp³-hybridized carbons (Fsp3) is 0.222. The fourth-order valence-corrected chi connectivity index (χ4v) is 5.23. The zero-order valence-corrected chi connectivity index (χ0v) is 20.5. The standard InChI is InChI=1S/C27H24N4O4S/c1-2-3-10-28-18-6-8-22-19(13-18)25(17-5-7-20-21(12-17)30-36-29-20)26(27(32)33)31(22)14-16-4-9-23-24(11-16)35-15-34-23/h4-9,11-13,28H,2-3,10,14-15H2,1H3,(H,32,33). The lowest BCUT2D eigenvalue weighted by Gasteiger charge is -2.11. The van der Waals surface area contributed by atoms with Crippen molar-refractivity contribution in [3.05, 3.63) is 65.9 Å². The van der Waals surface area contributed by atoms with Crippen molar-refractivity contribution in [1.82, 2.24) is 13.3 Å². The third kappa shape index (κ3) is 3.91. The van der Waals surface area contributed by atoms with Gasteiger partial charge in [0.15, 0.2) is 11.5 Å². The van der Waals surface area contributed by atoms with Crippen molar-refractivity contribution in [1.29, 1.82) is 0 Å². The molecule has 0 saturated carbocycles. The summed E-state index contributed by atoms with van der Waals surface area (Å²) in [6, 6.07) is 17.5. The van der Waals surface area contributed by atoms with Gasteiger partial charge in [0.05, 0.1) is 11.7 Å². The summed E-state index contributed by atoms with van der Waals surface area (Å²) in [6.07, 6.45) is 2.15. The van der Waals surface area contributed by atoms with Crippen molar-refractivity contribution in [3.63, 3.8) is 0 Å². The molecule has 182 valence electrons. The van der Waals surface area contributed by atoms with E-state index in [-0.39, 0.29) is 12.5 Å². The molecule has 0 amide bonds. The summed E-state index contributed by atoms with van der Waals surface area (Å²) in [4.78, 5) is 12.8. The fourth-order valence-electron chi connectivity index (χ4n) is 4.71.